The van der Waals surface area contributed by atoms with Gasteiger partial charge in [0.25, 0.3) is 0 Å². The maximum Gasteiger partial charge on any atom is 0.226 e. The highest BCUT2D eigenvalue weighted by molar-refractivity contribution is 6.28. The second-order valence-corrected chi connectivity index (χ2v) is 6.17. The number of halogens is 1. The average Bonchev–Trinajstić information content (AvgIpc) is 2.88. The molecule has 7 nitrogen and oxygen atoms in total. The molecule has 0 aromatic carbocycles. The summed E-state index contributed by atoms with van der Waals surface area (Å²) in [5.41, 5.74) is 1.03. The zero-order valence-electron chi connectivity index (χ0n) is 11.5. The number of nitrogens with one attached hydrogen (secondary N) is 1. The van der Waals surface area contributed by atoms with Crippen LogP contribution in [0.1, 0.15) is 19.8 Å². The molecule has 2 aliphatic carbocycles. The number of aliphatic hydroxyl groups excluding tert-OH is 2. The lowest BCUT2D eigenvalue weighted by Gasteiger charge is -2.16. The third-order valence-electron chi connectivity index (χ3n) is 4.67. The number of aliphatic hydroxyl groups is 2. The van der Waals surface area contributed by atoms with Gasteiger partial charge in [0.15, 0.2) is 17.0 Å². The molecule has 2 saturated carbocycles. The highest BCUT2D eigenvalue weighted by atomic mass is 35.5. The molecule has 2 aliphatic rings. The first-order chi connectivity index (χ1) is 10.1. The van der Waals surface area contributed by atoms with E-state index in [-0.39, 0.29) is 16.7 Å². The van der Waals surface area contributed by atoms with E-state index in [2.05, 4.69) is 20.3 Å². The summed E-state index contributed by atoms with van der Waals surface area (Å²) in [4.78, 5) is 12.9. The SMILES string of the molecule is CCNc1nc(Cl)nc2c1ncn2[C@@]12C[C@H](O)[C@H](O)[C@@H]1C2. The van der Waals surface area contributed by atoms with Crippen LogP contribution in [0.3, 0.4) is 0 Å². The van der Waals surface area contributed by atoms with Crippen LogP contribution in [0.15, 0.2) is 6.33 Å². The van der Waals surface area contributed by atoms with Gasteiger partial charge in [0.05, 0.1) is 24.1 Å². The second-order valence-electron chi connectivity index (χ2n) is 5.83. The Morgan fingerprint density at radius 3 is 2.90 bits per heavy atom. The van der Waals surface area contributed by atoms with Crippen molar-refractivity contribution in [3.05, 3.63) is 11.6 Å². The molecule has 0 aliphatic heterocycles. The van der Waals surface area contributed by atoms with E-state index in [4.69, 9.17) is 11.6 Å². The van der Waals surface area contributed by atoms with E-state index in [1.165, 1.54) is 0 Å². The third-order valence-corrected chi connectivity index (χ3v) is 4.83. The molecule has 0 amide bonds. The first-order valence-electron chi connectivity index (χ1n) is 7.08. The fourth-order valence-corrected chi connectivity index (χ4v) is 3.78. The van der Waals surface area contributed by atoms with Crippen LogP contribution in [0.2, 0.25) is 5.28 Å². The molecular formula is C13H16ClN5O2. The molecule has 0 unspecified atom stereocenters. The van der Waals surface area contributed by atoms with Crippen molar-refractivity contribution in [3.8, 4) is 0 Å². The molecule has 8 heteroatoms. The van der Waals surface area contributed by atoms with Gasteiger partial charge in [-0.15, -0.1) is 0 Å². The van der Waals surface area contributed by atoms with Crippen LogP contribution in [0.25, 0.3) is 11.2 Å². The fraction of sp³-hybridized carbons (Fsp3) is 0.615. The zero-order valence-corrected chi connectivity index (χ0v) is 12.2. The van der Waals surface area contributed by atoms with E-state index in [0.29, 0.717) is 29.9 Å². The number of hydrogen-bond donors (Lipinski definition) is 3. The Morgan fingerprint density at radius 1 is 1.43 bits per heavy atom. The minimum absolute atomic E-state index is 0.0567. The van der Waals surface area contributed by atoms with Crippen LogP contribution in [-0.4, -0.2) is 48.5 Å². The molecule has 0 bridgehead atoms. The van der Waals surface area contributed by atoms with Crippen molar-refractivity contribution in [1.29, 1.82) is 0 Å². The second kappa shape index (κ2) is 4.28. The largest absolute Gasteiger partial charge is 0.390 e. The number of hydrogen-bond acceptors (Lipinski definition) is 6. The summed E-state index contributed by atoms with van der Waals surface area (Å²) in [6.45, 7) is 2.68. The van der Waals surface area contributed by atoms with Gasteiger partial charge < -0.3 is 20.1 Å². The summed E-state index contributed by atoms with van der Waals surface area (Å²) in [5.74, 6) is 0.667. The molecule has 2 aromatic heterocycles. The summed E-state index contributed by atoms with van der Waals surface area (Å²) in [5, 5.41) is 23.1. The smallest absolute Gasteiger partial charge is 0.226 e. The lowest BCUT2D eigenvalue weighted by molar-refractivity contribution is 0.0246. The number of rotatable bonds is 3. The van der Waals surface area contributed by atoms with Gasteiger partial charge in [-0.2, -0.15) is 9.97 Å². The van der Waals surface area contributed by atoms with E-state index < -0.39 is 12.2 Å². The predicted octanol–water partition coefficient (Wildman–Crippen LogP) is 0.752. The topological polar surface area (TPSA) is 96.1 Å². The van der Waals surface area contributed by atoms with Crippen molar-refractivity contribution in [3.63, 3.8) is 0 Å². The minimum atomic E-state index is -0.688. The predicted molar refractivity (Wildman–Crippen MR) is 77.2 cm³/mol. The van der Waals surface area contributed by atoms with Gasteiger partial charge in [0.1, 0.15) is 0 Å². The van der Waals surface area contributed by atoms with Crippen molar-refractivity contribution < 1.29 is 10.2 Å². The lowest BCUT2D eigenvalue weighted by atomic mass is 10.1. The van der Waals surface area contributed by atoms with Crippen LogP contribution < -0.4 is 5.32 Å². The van der Waals surface area contributed by atoms with Crippen molar-refractivity contribution in [2.24, 2.45) is 5.92 Å². The summed E-state index contributed by atoms with van der Waals surface area (Å²) >= 11 is 6.01. The van der Waals surface area contributed by atoms with Crippen LogP contribution in [0.4, 0.5) is 5.82 Å². The molecule has 4 atom stereocenters. The van der Waals surface area contributed by atoms with E-state index >= 15 is 0 Å². The molecule has 21 heavy (non-hydrogen) atoms. The van der Waals surface area contributed by atoms with Crippen molar-refractivity contribution in [2.75, 3.05) is 11.9 Å². The number of anilines is 1. The van der Waals surface area contributed by atoms with Crippen LogP contribution in [0.5, 0.6) is 0 Å². The Bertz CT molecular complexity index is 720. The quantitative estimate of drug-likeness (QED) is 0.724. The fourth-order valence-electron chi connectivity index (χ4n) is 3.61. The molecule has 2 aromatic rings. The van der Waals surface area contributed by atoms with Gasteiger partial charge in [-0.3, -0.25) is 0 Å². The van der Waals surface area contributed by atoms with Gasteiger partial charge in [-0.05, 0) is 31.4 Å². The normalized spacial score (nSPS) is 34.2. The molecule has 2 fully saturated rings. The first-order valence-corrected chi connectivity index (χ1v) is 7.45. The molecule has 0 spiro atoms. The van der Waals surface area contributed by atoms with Gasteiger partial charge in [-0.1, -0.05) is 0 Å². The summed E-state index contributed by atoms with van der Waals surface area (Å²) < 4.78 is 1.95. The molecule has 3 N–H and O–H groups in total. The average molecular weight is 310 g/mol. The standard InChI is InChI=1S/C13H16ClN5O2/c1-2-15-10-8-11(18-12(14)17-10)19(5-16-8)13-3-6(13)9(21)7(20)4-13/h5-7,9,20-21H,2-4H2,1H3,(H,15,17,18)/t6-,7-,9+,13-/m0/s1. The van der Waals surface area contributed by atoms with Crippen LogP contribution in [-0.2, 0) is 5.54 Å². The summed E-state index contributed by atoms with van der Waals surface area (Å²) in [7, 11) is 0. The Kier molecular flexibility index (Phi) is 2.70. The third kappa shape index (κ3) is 1.71. The maximum absolute atomic E-state index is 9.98. The lowest BCUT2D eigenvalue weighted by Crippen LogP contribution is -2.23. The Balaban J connectivity index is 1.85. The van der Waals surface area contributed by atoms with E-state index in [9.17, 15) is 10.2 Å². The van der Waals surface area contributed by atoms with Gasteiger partial charge in [-0.25, -0.2) is 4.98 Å². The molecule has 4 rings (SSSR count). The number of imidazole rings is 1. The molecule has 0 saturated heterocycles. The van der Waals surface area contributed by atoms with Gasteiger partial charge >= 0.3 is 0 Å². The Morgan fingerprint density at radius 2 is 2.24 bits per heavy atom. The molecular weight excluding hydrogens is 294 g/mol. The Labute approximate surface area is 126 Å². The molecule has 0 radical (unpaired) electrons. The maximum atomic E-state index is 9.98. The van der Waals surface area contributed by atoms with Crippen molar-refractivity contribution >= 4 is 28.6 Å². The highest BCUT2D eigenvalue weighted by Gasteiger charge is 2.66. The van der Waals surface area contributed by atoms with Crippen molar-refractivity contribution in [2.45, 2.75) is 37.5 Å². The first kappa shape index (κ1) is 13.2. The number of fused-ring (bicyclic) bond motifs is 2. The molecule has 112 valence electrons. The molecule has 2 heterocycles. The number of nitrogens with zero attached hydrogens (tertiary/aromatic N) is 4. The number of aromatic nitrogens is 4. The monoisotopic (exact) mass is 309 g/mol. The van der Waals surface area contributed by atoms with Crippen LogP contribution in [0, 0.1) is 5.92 Å². The Hall–Kier alpha value is -1.44. The minimum Gasteiger partial charge on any atom is -0.390 e. The highest BCUT2D eigenvalue weighted by Crippen LogP contribution is 2.62. The summed E-state index contributed by atoms with van der Waals surface area (Å²) in [6, 6.07) is 0. The zero-order chi connectivity index (χ0) is 14.8. The summed E-state index contributed by atoms with van der Waals surface area (Å²) in [6.07, 6.45) is 1.69. The van der Waals surface area contributed by atoms with Gasteiger partial charge in [0, 0.05) is 12.5 Å². The van der Waals surface area contributed by atoms with E-state index in [1.54, 1.807) is 6.33 Å². The van der Waals surface area contributed by atoms with Crippen molar-refractivity contribution in [1.82, 2.24) is 19.5 Å². The van der Waals surface area contributed by atoms with Crippen LogP contribution >= 0.6 is 11.6 Å². The van der Waals surface area contributed by atoms with Gasteiger partial charge in [0.2, 0.25) is 5.28 Å². The van der Waals surface area contributed by atoms with E-state index in [1.807, 2.05) is 11.5 Å². The van der Waals surface area contributed by atoms with E-state index in [0.717, 1.165) is 6.42 Å².